The quantitative estimate of drug-likeness (QED) is 0.534. The zero-order valence-electron chi connectivity index (χ0n) is 5.01. The Balaban J connectivity index is 3.01. The van der Waals surface area contributed by atoms with Crippen LogP contribution in [0.15, 0.2) is 17.1 Å². The third kappa shape index (κ3) is 0.621. The molecule has 0 saturated carbocycles. The molecule has 4 nitrogen and oxygen atoms in total. The van der Waals surface area contributed by atoms with Gasteiger partial charge in [0.2, 0.25) is 0 Å². The molecule has 0 fully saturated rings. The average molecular weight is 134 g/mol. The van der Waals surface area contributed by atoms with Crippen LogP contribution in [-0.4, -0.2) is 15.0 Å². The number of pyridine rings is 1. The van der Waals surface area contributed by atoms with Gasteiger partial charge in [0.25, 0.3) is 0 Å². The summed E-state index contributed by atoms with van der Waals surface area (Å²) in [7, 11) is 0. The minimum Gasteiger partial charge on any atom is -0.306 e. The summed E-state index contributed by atoms with van der Waals surface area (Å²) >= 11 is 0. The van der Waals surface area contributed by atoms with Gasteiger partial charge >= 0.3 is 5.69 Å². The Morgan fingerprint density at radius 2 is 2.40 bits per heavy atom. The predicted molar refractivity (Wildman–Crippen MR) is 35.6 cm³/mol. The Labute approximate surface area is 55.9 Å². The van der Waals surface area contributed by atoms with E-state index >= 15 is 0 Å². The van der Waals surface area contributed by atoms with Gasteiger partial charge in [0.15, 0.2) is 0 Å². The van der Waals surface area contributed by atoms with Gasteiger partial charge in [-0.3, -0.25) is 4.98 Å². The summed E-state index contributed by atoms with van der Waals surface area (Å²) in [5, 5.41) is 0. The van der Waals surface area contributed by atoms with Crippen molar-refractivity contribution in [3.05, 3.63) is 28.9 Å². The van der Waals surface area contributed by atoms with E-state index in [0.717, 1.165) is 5.52 Å². The maximum atomic E-state index is 10.6. The average Bonchev–Trinajstić information content (AvgIpc) is 2.27. The van der Waals surface area contributed by atoms with Gasteiger partial charge in [-0.15, -0.1) is 0 Å². The lowest BCUT2D eigenvalue weighted by atomic mass is 10.4. The maximum Gasteiger partial charge on any atom is 0.323 e. The van der Waals surface area contributed by atoms with Crippen molar-refractivity contribution in [1.82, 2.24) is 15.0 Å². The van der Waals surface area contributed by atoms with Gasteiger partial charge in [-0.25, -0.2) is 4.79 Å². The molecule has 0 aliphatic carbocycles. The van der Waals surface area contributed by atoms with E-state index in [0.29, 0.717) is 5.52 Å². The Morgan fingerprint density at radius 3 is 3.20 bits per heavy atom. The van der Waals surface area contributed by atoms with E-state index in [1.165, 1.54) is 0 Å². The van der Waals surface area contributed by atoms with Crippen LogP contribution in [0.3, 0.4) is 0 Å². The molecule has 0 atom stereocenters. The predicted octanol–water partition coefficient (Wildman–Crippen LogP) is 0.0514. The number of nitrogens with one attached hydrogen (secondary N) is 2. The zero-order valence-corrected chi connectivity index (χ0v) is 5.01. The summed E-state index contributed by atoms with van der Waals surface area (Å²) in [5.74, 6) is 0. The molecule has 0 unspecified atom stereocenters. The fraction of sp³-hybridized carbons (Fsp3) is 0. The van der Waals surface area contributed by atoms with E-state index in [2.05, 4.69) is 21.1 Å². The van der Waals surface area contributed by atoms with Crippen LogP contribution in [0.2, 0.25) is 0 Å². The van der Waals surface area contributed by atoms with E-state index in [9.17, 15) is 4.79 Å². The highest BCUT2D eigenvalue weighted by molar-refractivity contribution is 5.71. The van der Waals surface area contributed by atoms with Crippen LogP contribution in [0.5, 0.6) is 0 Å². The molecule has 2 N–H and O–H groups in total. The molecule has 0 amide bonds. The third-order valence-corrected chi connectivity index (χ3v) is 1.25. The summed E-state index contributed by atoms with van der Waals surface area (Å²) in [6, 6.07) is 1.71. The maximum absolute atomic E-state index is 10.6. The summed E-state index contributed by atoms with van der Waals surface area (Å²) in [5.41, 5.74) is 1.13. The lowest BCUT2D eigenvalue weighted by Gasteiger charge is -1.80. The lowest BCUT2D eigenvalue weighted by molar-refractivity contribution is 1.21. The van der Waals surface area contributed by atoms with E-state index in [1.54, 1.807) is 12.3 Å². The Bertz CT molecular complexity index is 364. The van der Waals surface area contributed by atoms with Crippen LogP contribution in [0.25, 0.3) is 11.0 Å². The van der Waals surface area contributed by atoms with Crippen LogP contribution in [0, 0.1) is 6.20 Å². The minimum absolute atomic E-state index is 0.223. The molecule has 2 heterocycles. The topological polar surface area (TPSA) is 61.5 Å². The van der Waals surface area contributed by atoms with Crippen molar-refractivity contribution >= 4 is 11.0 Å². The highest BCUT2D eigenvalue weighted by Gasteiger charge is 1.93. The van der Waals surface area contributed by atoms with Crippen molar-refractivity contribution in [3.8, 4) is 0 Å². The second-order valence-corrected chi connectivity index (χ2v) is 1.92. The fourth-order valence-electron chi connectivity index (χ4n) is 0.824. The van der Waals surface area contributed by atoms with E-state index in [4.69, 9.17) is 0 Å². The van der Waals surface area contributed by atoms with Crippen molar-refractivity contribution in [2.24, 2.45) is 0 Å². The van der Waals surface area contributed by atoms with Crippen molar-refractivity contribution in [2.75, 3.05) is 0 Å². The van der Waals surface area contributed by atoms with Gasteiger partial charge < -0.3 is 9.97 Å². The Kier molecular flexibility index (Phi) is 0.887. The number of hydrogen-bond donors (Lipinski definition) is 2. The summed E-state index contributed by atoms with van der Waals surface area (Å²) < 4.78 is 0. The van der Waals surface area contributed by atoms with E-state index in [-0.39, 0.29) is 5.69 Å². The zero-order chi connectivity index (χ0) is 6.97. The van der Waals surface area contributed by atoms with E-state index < -0.39 is 0 Å². The van der Waals surface area contributed by atoms with Crippen LogP contribution in [0.1, 0.15) is 0 Å². The molecule has 10 heavy (non-hydrogen) atoms. The second kappa shape index (κ2) is 1.70. The van der Waals surface area contributed by atoms with Crippen LogP contribution < -0.4 is 5.69 Å². The molecule has 2 aromatic rings. The van der Waals surface area contributed by atoms with Crippen molar-refractivity contribution in [3.63, 3.8) is 0 Å². The third-order valence-electron chi connectivity index (χ3n) is 1.25. The molecule has 1 radical (unpaired) electrons. The first-order valence-electron chi connectivity index (χ1n) is 2.81. The van der Waals surface area contributed by atoms with Gasteiger partial charge in [0.1, 0.15) is 6.20 Å². The molecule has 4 heteroatoms. The smallest absolute Gasteiger partial charge is 0.306 e. The van der Waals surface area contributed by atoms with Gasteiger partial charge in [-0.2, -0.15) is 0 Å². The normalized spacial score (nSPS) is 10.4. The molecule has 0 aliphatic rings. The number of rotatable bonds is 0. The molecular weight excluding hydrogens is 130 g/mol. The summed E-state index contributed by atoms with van der Waals surface area (Å²) in [6.07, 6.45) is 4.21. The minimum atomic E-state index is -0.223. The van der Waals surface area contributed by atoms with Crippen LogP contribution in [0.4, 0.5) is 0 Å². The molecule has 0 spiro atoms. The molecule has 49 valence electrons. The Morgan fingerprint density at radius 1 is 1.50 bits per heavy atom. The van der Waals surface area contributed by atoms with E-state index in [1.807, 2.05) is 0 Å². The number of nitrogens with zero attached hydrogens (tertiary/aromatic N) is 1. The van der Waals surface area contributed by atoms with Gasteiger partial charge in [0.05, 0.1) is 11.0 Å². The van der Waals surface area contributed by atoms with Gasteiger partial charge in [-0.1, -0.05) is 0 Å². The molecular formula is C6H4N3O. The van der Waals surface area contributed by atoms with Crippen LogP contribution in [-0.2, 0) is 0 Å². The number of H-pyrrole nitrogens is 2. The molecule has 0 bridgehead atoms. The first kappa shape index (κ1) is 5.22. The highest BCUT2D eigenvalue weighted by atomic mass is 16.1. The number of fused-ring (bicyclic) bond motifs is 1. The summed E-state index contributed by atoms with van der Waals surface area (Å²) in [6.45, 7) is 0. The van der Waals surface area contributed by atoms with Gasteiger partial charge in [0, 0.05) is 6.20 Å². The second-order valence-electron chi connectivity index (χ2n) is 1.92. The first-order valence-corrected chi connectivity index (χ1v) is 2.81. The Hall–Kier alpha value is -1.58. The number of aromatic nitrogens is 3. The van der Waals surface area contributed by atoms with Crippen LogP contribution >= 0.6 is 0 Å². The number of aromatic amines is 2. The number of imidazole rings is 1. The molecule has 2 aromatic heterocycles. The standard InChI is InChI=1S/C6H4N3O/c10-6-8-4-1-2-7-3-5(4)9-6/h1-2H,(H2,8,9,10). The first-order chi connectivity index (χ1) is 4.86. The summed E-state index contributed by atoms with van der Waals surface area (Å²) in [4.78, 5) is 19.4. The van der Waals surface area contributed by atoms with Crippen molar-refractivity contribution in [2.45, 2.75) is 0 Å². The largest absolute Gasteiger partial charge is 0.323 e. The molecule has 0 aliphatic heterocycles. The molecule has 2 rings (SSSR count). The van der Waals surface area contributed by atoms with Crippen molar-refractivity contribution in [1.29, 1.82) is 0 Å². The van der Waals surface area contributed by atoms with Crippen molar-refractivity contribution < 1.29 is 0 Å². The lowest BCUT2D eigenvalue weighted by Crippen LogP contribution is -1.99. The fourth-order valence-corrected chi connectivity index (χ4v) is 0.824. The monoisotopic (exact) mass is 134 g/mol. The molecule has 0 aromatic carbocycles. The number of hydrogen-bond acceptors (Lipinski definition) is 2. The molecule has 0 saturated heterocycles. The van der Waals surface area contributed by atoms with Gasteiger partial charge in [-0.05, 0) is 6.07 Å². The SMILES string of the molecule is O=c1[nH]c2[c]nccc2[nH]1. The highest BCUT2D eigenvalue weighted by Crippen LogP contribution is 1.99.